The van der Waals surface area contributed by atoms with Gasteiger partial charge >= 0.3 is 19.5 Å². The molecule has 2 aromatic carbocycles. The maximum absolute atomic E-state index is 5.59. The van der Waals surface area contributed by atoms with Crippen molar-refractivity contribution in [1.29, 1.82) is 0 Å². The number of aryl methyl sites for hydroxylation is 1. The van der Waals surface area contributed by atoms with Crippen LogP contribution in [0.25, 0.3) is 6.08 Å². The Morgan fingerprint density at radius 2 is 1.63 bits per heavy atom. The van der Waals surface area contributed by atoms with Crippen LogP contribution in [0.15, 0.2) is 48.5 Å². The molecule has 1 saturated heterocycles. The molecule has 27 heavy (non-hydrogen) atoms. The summed E-state index contributed by atoms with van der Waals surface area (Å²) in [5, 5.41) is 3.39. The van der Waals surface area contributed by atoms with E-state index in [0.29, 0.717) is 0 Å². The van der Waals surface area contributed by atoms with Gasteiger partial charge in [0.25, 0.3) is 0 Å². The van der Waals surface area contributed by atoms with Gasteiger partial charge in [0.1, 0.15) is 0 Å². The molecule has 0 saturated carbocycles. The number of nitrogens with one attached hydrogen (secondary N) is 1. The van der Waals surface area contributed by atoms with Gasteiger partial charge in [-0.1, -0.05) is 35.9 Å². The maximum Gasteiger partial charge on any atom is 2.00 e. The summed E-state index contributed by atoms with van der Waals surface area (Å²) >= 11 is 3.55. The Balaban J connectivity index is 0.000000310. The molecule has 0 radical (unpaired) electrons. The average Bonchev–Trinajstić information content (AvgIpc) is 3.17. The Kier molecular flexibility index (Phi) is 12.0. The Morgan fingerprint density at radius 1 is 1.04 bits per heavy atom. The second kappa shape index (κ2) is 13.4. The molecule has 0 bridgehead atoms. The van der Waals surface area contributed by atoms with Gasteiger partial charge < -0.3 is 13.9 Å². The van der Waals surface area contributed by atoms with Gasteiger partial charge in [-0.15, -0.1) is 35.5 Å². The fraction of sp³-hybridized carbons (Fsp3) is 0.286. The molecule has 1 N–H and O–H groups in total. The third-order valence-corrected chi connectivity index (χ3v) is 5.53. The summed E-state index contributed by atoms with van der Waals surface area (Å²) in [6.45, 7) is 12.9. The van der Waals surface area contributed by atoms with Crippen LogP contribution in [0.4, 0.5) is 5.69 Å². The first kappa shape index (κ1) is 24.3. The van der Waals surface area contributed by atoms with Gasteiger partial charge in [0, 0.05) is 12.2 Å². The minimum atomic E-state index is 0. The van der Waals surface area contributed by atoms with Crippen LogP contribution in [-0.4, -0.2) is 34.2 Å². The minimum Gasteiger partial charge on any atom is -0.386 e. The summed E-state index contributed by atoms with van der Waals surface area (Å²) in [6, 6.07) is 16.5. The molecular weight excluding hydrogens is 459 g/mol. The van der Waals surface area contributed by atoms with Crippen molar-refractivity contribution in [3.05, 3.63) is 78.5 Å². The van der Waals surface area contributed by atoms with E-state index >= 15 is 0 Å². The van der Waals surface area contributed by atoms with Crippen molar-refractivity contribution in [2.24, 2.45) is 0 Å². The van der Waals surface area contributed by atoms with Crippen molar-refractivity contribution in [3.63, 3.8) is 0 Å². The van der Waals surface area contributed by atoms with E-state index < -0.39 is 0 Å². The molecular formula is C21H27N3RuS2. The molecule has 0 aliphatic carbocycles. The molecule has 1 aliphatic rings. The fourth-order valence-electron chi connectivity index (χ4n) is 2.46. The summed E-state index contributed by atoms with van der Waals surface area (Å²) in [5.74, 6) is 0. The number of hydrogen-bond donors (Lipinski definition) is 1. The summed E-state index contributed by atoms with van der Waals surface area (Å²) in [4.78, 5) is 0. The van der Waals surface area contributed by atoms with Crippen molar-refractivity contribution in [2.75, 3.05) is 30.9 Å². The quantitative estimate of drug-likeness (QED) is 0.337. The van der Waals surface area contributed by atoms with Gasteiger partial charge in [0.15, 0.2) is 0 Å². The smallest absolute Gasteiger partial charge is 0.386 e. The largest absolute Gasteiger partial charge is 2.00 e. The topological polar surface area (TPSA) is 18.5 Å². The summed E-state index contributed by atoms with van der Waals surface area (Å²) in [7, 11) is 0. The molecule has 0 unspecified atom stereocenters. The Labute approximate surface area is 186 Å². The zero-order valence-corrected chi connectivity index (χ0v) is 19.4. The molecule has 3 nitrogen and oxygen atoms in total. The van der Waals surface area contributed by atoms with Gasteiger partial charge in [-0.05, 0) is 44.7 Å². The van der Waals surface area contributed by atoms with E-state index in [-0.39, 0.29) is 19.5 Å². The Bertz CT molecular complexity index is 669. The number of benzene rings is 2. The third kappa shape index (κ3) is 8.41. The van der Waals surface area contributed by atoms with Crippen LogP contribution in [0.5, 0.6) is 0 Å². The predicted octanol–water partition coefficient (Wildman–Crippen LogP) is 5.33. The van der Waals surface area contributed by atoms with Crippen molar-refractivity contribution in [3.8, 4) is 0 Å². The molecule has 1 aliphatic heterocycles. The maximum atomic E-state index is 5.59. The van der Waals surface area contributed by atoms with E-state index in [4.69, 9.17) is 6.58 Å². The number of rotatable bonds is 6. The molecule has 2 aromatic rings. The van der Waals surface area contributed by atoms with E-state index in [9.17, 15) is 0 Å². The van der Waals surface area contributed by atoms with Crippen LogP contribution in [0.3, 0.4) is 0 Å². The van der Waals surface area contributed by atoms with E-state index in [1.54, 1.807) is 30.0 Å². The van der Waals surface area contributed by atoms with Crippen LogP contribution < -0.4 is 5.32 Å². The zero-order valence-electron chi connectivity index (χ0n) is 16.0. The van der Waals surface area contributed by atoms with E-state index in [2.05, 4.69) is 70.4 Å². The molecule has 146 valence electrons. The molecule has 0 atom stereocenters. The standard InChI is InChI=1S/C16H16N.C5H11N2S2.Ru/c1-3-14-6-4-5-7-15(14)12-17-16-10-8-13(2)9-11-16;1-8-6-3-4-7(5-6)9-2;/h1,3-11,17H,12H2,2H3;5H,3-4H2,1-2H3;/q2*-1;+2. The van der Waals surface area contributed by atoms with E-state index in [0.717, 1.165) is 30.9 Å². The first-order valence-electron chi connectivity index (χ1n) is 8.56. The monoisotopic (exact) mass is 487 g/mol. The van der Waals surface area contributed by atoms with Gasteiger partial charge in [-0.25, -0.2) is 6.08 Å². The molecule has 6 heteroatoms. The van der Waals surface area contributed by atoms with Crippen molar-refractivity contribution in [1.82, 2.24) is 8.61 Å². The normalized spacial score (nSPS) is 14.0. The molecule has 3 rings (SSSR count). The van der Waals surface area contributed by atoms with Gasteiger partial charge in [0.05, 0.1) is 0 Å². The second-order valence-corrected chi connectivity index (χ2v) is 7.52. The Hall–Kier alpha value is -0.777. The first-order valence-corrected chi connectivity index (χ1v) is 10.9. The average molecular weight is 487 g/mol. The van der Waals surface area contributed by atoms with Crippen LogP contribution in [-0.2, 0) is 26.0 Å². The molecule has 1 heterocycles. The summed E-state index contributed by atoms with van der Waals surface area (Å²) in [6.07, 6.45) is 5.84. The fourth-order valence-corrected chi connectivity index (χ4v) is 3.46. The molecule has 1 fully saturated rings. The predicted molar refractivity (Wildman–Crippen MR) is 118 cm³/mol. The number of nitrogens with zero attached hydrogens (tertiary/aromatic N) is 2. The minimum absolute atomic E-state index is 0. The third-order valence-electron chi connectivity index (χ3n) is 4.04. The second-order valence-electron chi connectivity index (χ2n) is 5.85. The van der Waals surface area contributed by atoms with Crippen LogP contribution in [0.2, 0.25) is 0 Å². The van der Waals surface area contributed by atoms with Crippen LogP contribution in [0.1, 0.15) is 16.7 Å². The van der Waals surface area contributed by atoms with Crippen molar-refractivity contribution in [2.45, 2.75) is 13.5 Å². The van der Waals surface area contributed by atoms with Crippen molar-refractivity contribution >= 4 is 35.7 Å². The molecule has 0 aromatic heterocycles. The summed E-state index contributed by atoms with van der Waals surface area (Å²) < 4.78 is 4.47. The Morgan fingerprint density at radius 3 is 2.15 bits per heavy atom. The van der Waals surface area contributed by atoms with Gasteiger partial charge in [-0.3, -0.25) is 6.58 Å². The zero-order chi connectivity index (χ0) is 18.8. The molecule has 0 amide bonds. The number of anilines is 1. The van der Waals surface area contributed by atoms with E-state index in [1.807, 2.05) is 18.2 Å². The molecule has 0 spiro atoms. The SMILES string of the molecule is CSN1[CH-]N(SC)CC1.[CH-]=Cc1ccccc1CNc1ccc(C)cc1.[Ru+2]. The summed E-state index contributed by atoms with van der Waals surface area (Å²) in [5.41, 5.74) is 4.68. The van der Waals surface area contributed by atoms with Gasteiger partial charge in [0.2, 0.25) is 0 Å². The van der Waals surface area contributed by atoms with Crippen molar-refractivity contribution < 1.29 is 19.5 Å². The van der Waals surface area contributed by atoms with Gasteiger partial charge in [-0.2, -0.15) is 12.2 Å². The van der Waals surface area contributed by atoms with E-state index in [1.165, 1.54) is 11.1 Å². The first-order chi connectivity index (χ1) is 12.7. The van der Waals surface area contributed by atoms with Crippen LogP contribution >= 0.6 is 23.9 Å². The van der Waals surface area contributed by atoms with Crippen LogP contribution in [0, 0.1) is 20.2 Å². The number of hydrogen-bond acceptors (Lipinski definition) is 5.